The monoisotopic (exact) mass is 210 g/mol. The predicted molar refractivity (Wildman–Crippen MR) is 60.5 cm³/mol. The number of hydrogen-bond acceptors (Lipinski definition) is 2. The molecule has 0 bridgehead atoms. The lowest BCUT2D eigenvalue weighted by Crippen LogP contribution is -2.60. The summed E-state index contributed by atoms with van der Waals surface area (Å²) in [7, 11) is 0. The van der Waals surface area contributed by atoms with Crippen molar-refractivity contribution >= 4 is 11.6 Å². The molecule has 1 aliphatic carbocycles. The molecule has 1 fully saturated rings. The van der Waals surface area contributed by atoms with Crippen LogP contribution in [0.15, 0.2) is 0 Å². The smallest absolute Gasteiger partial charge is 0.145 e. The summed E-state index contributed by atoms with van der Waals surface area (Å²) < 4.78 is 0. The summed E-state index contributed by atoms with van der Waals surface area (Å²) in [6, 6.07) is 0. The molecule has 0 N–H and O–H groups in total. The SMILES string of the molecule is CC1C(=O)C(C)(C)C(C)(C)C(=O)C1(C)C. The molecular formula is C13H22O2. The van der Waals surface area contributed by atoms with Gasteiger partial charge in [0, 0.05) is 22.2 Å². The summed E-state index contributed by atoms with van der Waals surface area (Å²) in [6.45, 7) is 13.2. The highest BCUT2D eigenvalue weighted by atomic mass is 16.1. The summed E-state index contributed by atoms with van der Waals surface area (Å²) in [5, 5.41) is 0. The van der Waals surface area contributed by atoms with Gasteiger partial charge in [0.05, 0.1) is 0 Å². The molecule has 0 aromatic carbocycles. The van der Waals surface area contributed by atoms with E-state index >= 15 is 0 Å². The molecule has 0 heterocycles. The molecule has 0 saturated heterocycles. The van der Waals surface area contributed by atoms with Gasteiger partial charge in [-0.15, -0.1) is 0 Å². The first-order valence-electron chi connectivity index (χ1n) is 5.56. The Morgan fingerprint density at radius 2 is 1.27 bits per heavy atom. The molecule has 2 nitrogen and oxygen atoms in total. The highest BCUT2D eigenvalue weighted by Crippen LogP contribution is 2.53. The number of ketones is 2. The lowest BCUT2D eigenvalue weighted by molar-refractivity contribution is -0.166. The predicted octanol–water partition coefficient (Wildman–Crippen LogP) is 2.85. The van der Waals surface area contributed by atoms with E-state index in [1.165, 1.54) is 0 Å². The van der Waals surface area contributed by atoms with Crippen LogP contribution >= 0.6 is 0 Å². The Morgan fingerprint density at radius 3 is 1.67 bits per heavy atom. The zero-order valence-electron chi connectivity index (χ0n) is 10.9. The number of hydrogen-bond donors (Lipinski definition) is 0. The Labute approximate surface area is 92.4 Å². The van der Waals surface area contributed by atoms with Crippen molar-refractivity contribution in [3.8, 4) is 0 Å². The van der Waals surface area contributed by atoms with E-state index in [4.69, 9.17) is 0 Å². The van der Waals surface area contributed by atoms with Crippen LogP contribution in [0.2, 0.25) is 0 Å². The van der Waals surface area contributed by atoms with Gasteiger partial charge in [0.25, 0.3) is 0 Å². The molecule has 2 heteroatoms. The molecule has 15 heavy (non-hydrogen) atoms. The average Bonchev–Trinajstić information content (AvgIpc) is 2.12. The first kappa shape index (κ1) is 12.4. The number of carbonyl (C=O) groups excluding carboxylic acids is 2. The van der Waals surface area contributed by atoms with E-state index < -0.39 is 16.2 Å². The maximum atomic E-state index is 12.4. The van der Waals surface area contributed by atoms with Crippen LogP contribution in [0.4, 0.5) is 0 Å². The van der Waals surface area contributed by atoms with Gasteiger partial charge in [-0.25, -0.2) is 0 Å². The van der Waals surface area contributed by atoms with E-state index in [1.54, 1.807) is 0 Å². The van der Waals surface area contributed by atoms with Crippen LogP contribution in [-0.2, 0) is 9.59 Å². The summed E-state index contributed by atoms with van der Waals surface area (Å²) in [5.41, 5.74) is -1.66. The highest BCUT2D eigenvalue weighted by Gasteiger charge is 2.60. The Hall–Kier alpha value is -0.660. The maximum Gasteiger partial charge on any atom is 0.145 e. The molecule has 0 aliphatic heterocycles. The van der Waals surface area contributed by atoms with Crippen LogP contribution in [0.25, 0.3) is 0 Å². The zero-order chi connectivity index (χ0) is 12.2. The second kappa shape index (κ2) is 2.93. The van der Waals surface area contributed by atoms with Gasteiger partial charge >= 0.3 is 0 Å². The molecular weight excluding hydrogens is 188 g/mol. The van der Waals surface area contributed by atoms with Gasteiger partial charge in [-0.2, -0.15) is 0 Å². The van der Waals surface area contributed by atoms with Gasteiger partial charge in [-0.05, 0) is 0 Å². The lowest BCUT2D eigenvalue weighted by Gasteiger charge is -2.51. The number of Topliss-reactive ketones (excluding diaryl/α,β-unsaturated/α-hetero) is 2. The third-order valence-corrected chi connectivity index (χ3v) is 4.81. The Kier molecular flexibility index (Phi) is 2.42. The standard InChI is InChI=1S/C13H22O2/c1-8-9(14)12(4,5)13(6,7)10(15)11(8,2)3/h8H,1-7H3. The Balaban J connectivity index is 3.37. The van der Waals surface area contributed by atoms with E-state index in [9.17, 15) is 9.59 Å². The fourth-order valence-corrected chi connectivity index (χ4v) is 2.46. The third-order valence-electron chi connectivity index (χ3n) is 4.81. The minimum absolute atomic E-state index is 0.187. The van der Waals surface area contributed by atoms with Gasteiger partial charge in [0.2, 0.25) is 0 Å². The van der Waals surface area contributed by atoms with Crippen LogP contribution in [0.5, 0.6) is 0 Å². The minimum atomic E-state index is -0.569. The summed E-state index contributed by atoms with van der Waals surface area (Å²) in [6.07, 6.45) is 0. The van der Waals surface area contributed by atoms with Crippen molar-refractivity contribution in [1.29, 1.82) is 0 Å². The first-order valence-corrected chi connectivity index (χ1v) is 5.56. The van der Waals surface area contributed by atoms with E-state index in [-0.39, 0.29) is 17.5 Å². The Bertz CT molecular complexity index is 321. The van der Waals surface area contributed by atoms with E-state index in [0.717, 1.165) is 0 Å². The molecule has 1 aliphatic rings. The number of rotatable bonds is 0. The van der Waals surface area contributed by atoms with Crippen LogP contribution < -0.4 is 0 Å². The van der Waals surface area contributed by atoms with Crippen LogP contribution in [-0.4, -0.2) is 11.6 Å². The van der Waals surface area contributed by atoms with Crippen LogP contribution in [0.3, 0.4) is 0 Å². The molecule has 86 valence electrons. The summed E-state index contributed by atoms with van der Waals surface area (Å²) in [4.78, 5) is 24.7. The van der Waals surface area contributed by atoms with Gasteiger partial charge in [-0.3, -0.25) is 9.59 Å². The minimum Gasteiger partial charge on any atom is -0.299 e. The molecule has 0 aromatic rings. The number of carbonyl (C=O) groups is 2. The first-order chi connectivity index (χ1) is 6.47. The summed E-state index contributed by atoms with van der Waals surface area (Å²) >= 11 is 0. The second-order valence-electron chi connectivity index (χ2n) is 6.39. The molecule has 0 amide bonds. The van der Waals surface area contributed by atoms with E-state index in [0.29, 0.717) is 0 Å². The quantitative estimate of drug-likeness (QED) is 0.616. The lowest BCUT2D eigenvalue weighted by atomic mass is 9.49. The van der Waals surface area contributed by atoms with E-state index in [2.05, 4.69) is 0 Å². The molecule has 1 saturated carbocycles. The van der Waals surface area contributed by atoms with Crippen molar-refractivity contribution in [2.45, 2.75) is 48.5 Å². The van der Waals surface area contributed by atoms with Gasteiger partial charge in [0.1, 0.15) is 11.6 Å². The fraction of sp³-hybridized carbons (Fsp3) is 0.846. The Morgan fingerprint density at radius 1 is 0.867 bits per heavy atom. The molecule has 1 unspecified atom stereocenters. The third kappa shape index (κ3) is 1.30. The maximum absolute atomic E-state index is 12.4. The summed E-state index contributed by atoms with van der Waals surface area (Å²) in [5.74, 6) is 0.220. The molecule has 0 radical (unpaired) electrons. The van der Waals surface area contributed by atoms with Gasteiger partial charge < -0.3 is 0 Å². The van der Waals surface area contributed by atoms with Crippen LogP contribution in [0, 0.1) is 22.2 Å². The molecule has 1 rings (SSSR count). The van der Waals surface area contributed by atoms with Crippen molar-refractivity contribution < 1.29 is 9.59 Å². The van der Waals surface area contributed by atoms with Crippen LogP contribution in [0.1, 0.15) is 48.5 Å². The molecule has 0 spiro atoms. The van der Waals surface area contributed by atoms with Crippen molar-refractivity contribution in [3.63, 3.8) is 0 Å². The molecule has 1 atom stereocenters. The fourth-order valence-electron chi connectivity index (χ4n) is 2.46. The molecule has 0 aromatic heterocycles. The van der Waals surface area contributed by atoms with E-state index in [1.807, 2.05) is 48.5 Å². The van der Waals surface area contributed by atoms with Gasteiger partial charge in [0.15, 0.2) is 0 Å². The van der Waals surface area contributed by atoms with Crippen molar-refractivity contribution in [2.24, 2.45) is 22.2 Å². The highest BCUT2D eigenvalue weighted by molar-refractivity contribution is 6.04. The van der Waals surface area contributed by atoms with Crippen molar-refractivity contribution in [1.82, 2.24) is 0 Å². The van der Waals surface area contributed by atoms with Crippen molar-refractivity contribution in [2.75, 3.05) is 0 Å². The van der Waals surface area contributed by atoms with Gasteiger partial charge in [-0.1, -0.05) is 48.5 Å². The average molecular weight is 210 g/mol. The second-order valence-corrected chi connectivity index (χ2v) is 6.39. The largest absolute Gasteiger partial charge is 0.299 e. The topological polar surface area (TPSA) is 34.1 Å². The zero-order valence-corrected chi connectivity index (χ0v) is 10.9. The van der Waals surface area contributed by atoms with Crippen molar-refractivity contribution in [3.05, 3.63) is 0 Å². The normalized spacial score (nSPS) is 32.9.